The normalized spacial score (nSPS) is 14.1. The summed E-state index contributed by atoms with van der Waals surface area (Å²) in [4.78, 5) is 11.7. The fraction of sp³-hybridized carbons (Fsp3) is 0.720. The maximum atomic E-state index is 11.7. The van der Waals surface area contributed by atoms with E-state index in [0.29, 0.717) is 6.61 Å². The van der Waals surface area contributed by atoms with Crippen LogP contribution in [0.1, 0.15) is 92.4 Å². The molecule has 0 fully saturated rings. The van der Waals surface area contributed by atoms with Crippen LogP contribution in [0.15, 0.2) is 29.2 Å². The molecule has 1 aromatic heterocycles. The Morgan fingerprint density at radius 3 is 2.24 bits per heavy atom. The van der Waals surface area contributed by atoms with Crippen LogP contribution in [0.3, 0.4) is 0 Å². The highest BCUT2D eigenvalue weighted by molar-refractivity contribution is 7.14. The Morgan fingerprint density at radius 1 is 1.03 bits per heavy atom. The van der Waals surface area contributed by atoms with E-state index >= 15 is 0 Å². The average Bonchev–Trinajstić information content (AvgIpc) is 3.14. The first-order valence-corrected chi connectivity index (χ1v) is 12.4. The van der Waals surface area contributed by atoms with Crippen molar-refractivity contribution in [1.82, 2.24) is 0 Å². The Hall–Kier alpha value is -1.29. The highest BCUT2D eigenvalue weighted by Gasteiger charge is 2.07. The van der Waals surface area contributed by atoms with Crippen molar-refractivity contribution in [2.24, 2.45) is 17.8 Å². The van der Waals surface area contributed by atoms with Crippen molar-refractivity contribution >= 4 is 22.4 Å². The fourth-order valence-electron chi connectivity index (χ4n) is 3.56. The van der Waals surface area contributed by atoms with Crippen LogP contribution in [0.25, 0.3) is 0 Å². The number of allylic oxidation sites excluding steroid dienone is 1. The molecule has 0 aliphatic carbocycles. The highest BCUT2D eigenvalue weighted by atomic mass is 32.1. The summed E-state index contributed by atoms with van der Waals surface area (Å²) in [6.45, 7) is 11.9. The van der Waals surface area contributed by atoms with Crippen molar-refractivity contribution in [1.29, 1.82) is 0 Å². The second-order valence-electron chi connectivity index (χ2n) is 9.11. The highest BCUT2D eigenvalue weighted by Crippen LogP contribution is 2.22. The zero-order chi connectivity index (χ0) is 21.5. The molecule has 0 bridgehead atoms. The second kappa shape index (κ2) is 15.5. The number of carbonyl (C=O) groups excluding carboxylic acids is 1. The number of thiophene rings is 1. The molecule has 0 aliphatic rings. The third-order valence-electron chi connectivity index (χ3n) is 5.53. The van der Waals surface area contributed by atoms with Gasteiger partial charge in [0.1, 0.15) is 6.61 Å². The molecule has 1 rings (SSSR count). The second-order valence-corrected chi connectivity index (χ2v) is 10.1. The van der Waals surface area contributed by atoms with Crippen LogP contribution in [0, 0.1) is 17.8 Å². The van der Waals surface area contributed by atoms with E-state index in [1.807, 2.05) is 23.6 Å². The van der Waals surface area contributed by atoms with Gasteiger partial charge in [0.05, 0.1) is 5.00 Å². The molecular formula is C25H43NO2S. The monoisotopic (exact) mass is 421 g/mol. The Morgan fingerprint density at radius 2 is 1.66 bits per heavy atom. The average molecular weight is 422 g/mol. The molecular weight excluding hydrogens is 378 g/mol. The first-order valence-electron chi connectivity index (χ1n) is 11.5. The summed E-state index contributed by atoms with van der Waals surface area (Å²) in [6, 6.07) is 3.77. The summed E-state index contributed by atoms with van der Waals surface area (Å²) in [6.07, 6.45) is 13.5. The predicted octanol–water partition coefficient (Wildman–Crippen LogP) is 8.68. The molecule has 1 heterocycles. The summed E-state index contributed by atoms with van der Waals surface area (Å²) in [5.41, 5.74) is 1.31. The molecule has 1 aromatic rings. The quantitative estimate of drug-likeness (QED) is 0.288. The van der Waals surface area contributed by atoms with E-state index in [0.717, 1.165) is 29.2 Å². The van der Waals surface area contributed by atoms with Gasteiger partial charge in [-0.15, -0.1) is 11.3 Å². The van der Waals surface area contributed by atoms with Gasteiger partial charge in [-0.25, -0.2) is 4.79 Å². The van der Waals surface area contributed by atoms with Gasteiger partial charge in [0.25, 0.3) is 0 Å². The maximum Gasteiger partial charge on any atom is 0.412 e. The first-order chi connectivity index (χ1) is 13.9. The number of carbonyl (C=O) groups is 1. The van der Waals surface area contributed by atoms with Crippen LogP contribution in [0.4, 0.5) is 9.80 Å². The molecule has 166 valence electrons. The number of hydrogen-bond donors (Lipinski definition) is 1. The van der Waals surface area contributed by atoms with E-state index in [4.69, 9.17) is 4.74 Å². The third kappa shape index (κ3) is 14.4. The SMILES string of the molecule is CC(=CCOC(=O)Nc1cccs1)CCCC(C)CCCC(C)CCCC(C)C. The van der Waals surface area contributed by atoms with Crippen LogP contribution in [-0.2, 0) is 4.74 Å². The van der Waals surface area contributed by atoms with E-state index in [2.05, 4.69) is 39.9 Å². The maximum absolute atomic E-state index is 11.7. The minimum absolute atomic E-state index is 0.341. The summed E-state index contributed by atoms with van der Waals surface area (Å²) in [5.74, 6) is 2.52. The molecule has 0 saturated carbocycles. The number of ether oxygens (including phenoxy) is 1. The van der Waals surface area contributed by atoms with Crippen molar-refractivity contribution in [2.75, 3.05) is 11.9 Å². The molecule has 2 unspecified atom stereocenters. The number of hydrogen-bond acceptors (Lipinski definition) is 3. The van der Waals surface area contributed by atoms with Gasteiger partial charge in [0, 0.05) is 0 Å². The molecule has 0 aliphatic heterocycles. The number of anilines is 1. The van der Waals surface area contributed by atoms with Crippen molar-refractivity contribution in [3.63, 3.8) is 0 Å². The Bertz CT molecular complexity index is 565. The predicted molar refractivity (Wildman–Crippen MR) is 128 cm³/mol. The lowest BCUT2D eigenvalue weighted by Crippen LogP contribution is -2.12. The van der Waals surface area contributed by atoms with E-state index < -0.39 is 0 Å². The van der Waals surface area contributed by atoms with Crippen LogP contribution in [0.5, 0.6) is 0 Å². The van der Waals surface area contributed by atoms with Crippen LogP contribution in [-0.4, -0.2) is 12.7 Å². The molecule has 3 nitrogen and oxygen atoms in total. The third-order valence-corrected chi connectivity index (χ3v) is 6.32. The van der Waals surface area contributed by atoms with Crippen molar-refractivity contribution in [3.05, 3.63) is 29.2 Å². The molecule has 4 heteroatoms. The molecule has 2 atom stereocenters. The minimum Gasteiger partial charge on any atom is -0.445 e. The molecule has 0 radical (unpaired) electrons. The summed E-state index contributed by atoms with van der Waals surface area (Å²) < 4.78 is 5.21. The van der Waals surface area contributed by atoms with Crippen molar-refractivity contribution in [3.8, 4) is 0 Å². The molecule has 1 N–H and O–H groups in total. The van der Waals surface area contributed by atoms with Gasteiger partial charge in [0.2, 0.25) is 0 Å². The van der Waals surface area contributed by atoms with Crippen LogP contribution in [0.2, 0.25) is 0 Å². The lowest BCUT2D eigenvalue weighted by atomic mass is 9.91. The standard InChI is InChI=1S/C25H43NO2S/c1-20(2)10-6-11-21(3)12-7-13-22(4)14-8-15-23(5)17-18-28-25(27)26-24-16-9-19-29-24/h9,16-17,19-22H,6-8,10-15,18H2,1-5H3,(H,26,27). The van der Waals surface area contributed by atoms with E-state index in [9.17, 15) is 4.79 Å². The van der Waals surface area contributed by atoms with E-state index in [1.165, 1.54) is 68.3 Å². The smallest absolute Gasteiger partial charge is 0.412 e. The zero-order valence-corrected chi connectivity index (χ0v) is 20.2. The van der Waals surface area contributed by atoms with E-state index in [1.54, 1.807) is 0 Å². The molecule has 0 saturated heterocycles. The van der Waals surface area contributed by atoms with E-state index in [-0.39, 0.29) is 6.09 Å². The summed E-state index contributed by atoms with van der Waals surface area (Å²) >= 11 is 1.49. The van der Waals surface area contributed by atoms with Gasteiger partial charge >= 0.3 is 6.09 Å². The van der Waals surface area contributed by atoms with Gasteiger partial charge in [-0.1, -0.05) is 78.2 Å². The Kier molecular flexibility index (Phi) is 13.8. The summed E-state index contributed by atoms with van der Waals surface area (Å²) in [5, 5.41) is 5.47. The largest absolute Gasteiger partial charge is 0.445 e. The number of amides is 1. The van der Waals surface area contributed by atoms with Gasteiger partial charge in [-0.2, -0.15) is 0 Å². The topological polar surface area (TPSA) is 38.3 Å². The lowest BCUT2D eigenvalue weighted by Gasteiger charge is -2.15. The van der Waals surface area contributed by atoms with Crippen molar-refractivity contribution < 1.29 is 9.53 Å². The Balaban J connectivity index is 2.03. The fourth-order valence-corrected chi connectivity index (χ4v) is 4.16. The van der Waals surface area contributed by atoms with Crippen molar-refractivity contribution in [2.45, 2.75) is 92.4 Å². The Labute approximate surface area is 183 Å². The molecule has 0 spiro atoms. The van der Waals surface area contributed by atoms with Gasteiger partial charge < -0.3 is 4.74 Å². The first kappa shape index (κ1) is 25.7. The zero-order valence-electron chi connectivity index (χ0n) is 19.3. The number of nitrogens with one attached hydrogen (secondary N) is 1. The molecule has 1 amide bonds. The summed E-state index contributed by atoms with van der Waals surface area (Å²) in [7, 11) is 0. The van der Waals surface area contributed by atoms with Crippen LogP contribution < -0.4 is 5.32 Å². The van der Waals surface area contributed by atoms with Gasteiger partial charge in [0.15, 0.2) is 0 Å². The van der Waals surface area contributed by atoms with Gasteiger partial charge in [-0.3, -0.25) is 5.32 Å². The molecule has 0 aromatic carbocycles. The van der Waals surface area contributed by atoms with Crippen LogP contribution >= 0.6 is 11.3 Å². The van der Waals surface area contributed by atoms with Gasteiger partial charge in [-0.05, 0) is 61.1 Å². The lowest BCUT2D eigenvalue weighted by molar-refractivity contribution is 0.174. The minimum atomic E-state index is -0.386. The number of rotatable bonds is 15. The molecule has 29 heavy (non-hydrogen) atoms.